The third kappa shape index (κ3) is 3.54. The number of nitrogens with one attached hydrogen (secondary N) is 1. The smallest absolute Gasteiger partial charge is 0.295 e. The van der Waals surface area contributed by atoms with E-state index >= 15 is 0 Å². The van der Waals surface area contributed by atoms with Crippen LogP contribution >= 0.6 is 11.3 Å². The first-order chi connectivity index (χ1) is 9.58. The molecule has 0 bridgehead atoms. The van der Waals surface area contributed by atoms with E-state index in [1.807, 2.05) is 5.38 Å². The summed E-state index contributed by atoms with van der Waals surface area (Å²) in [7, 11) is 0. The number of thiazole rings is 1. The number of ketones is 1. The van der Waals surface area contributed by atoms with Crippen molar-refractivity contribution in [1.82, 2.24) is 10.3 Å². The molecule has 0 fully saturated rings. The molecule has 0 aromatic carbocycles. The second kappa shape index (κ2) is 6.47. The minimum absolute atomic E-state index is 0.0545. The van der Waals surface area contributed by atoms with E-state index in [0.717, 1.165) is 10.7 Å². The highest BCUT2D eigenvalue weighted by Gasteiger charge is 2.18. The molecule has 0 unspecified atom stereocenters. The molecule has 5 nitrogen and oxygen atoms in total. The second-order valence-corrected chi connectivity index (χ2v) is 5.58. The second-order valence-electron chi connectivity index (χ2n) is 4.63. The van der Waals surface area contributed by atoms with Gasteiger partial charge in [0.15, 0.2) is 5.76 Å². The minimum atomic E-state index is -0.656. The SMILES string of the molecule is CC(C)c1csc(CCNC(=O)C(=O)c2ccco2)n1. The molecule has 0 radical (unpaired) electrons. The third-order valence-electron chi connectivity index (χ3n) is 2.74. The number of furan rings is 1. The molecule has 20 heavy (non-hydrogen) atoms. The maximum Gasteiger partial charge on any atom is 0.295 e. The molecule has 2 aromatic heterocycles. The van der Waals surface area contributed by atoms with Gasteiger partial charge in [-0.25, -0.2) is 4.98 Å². The number of hydrogen-bond donors (Lipinski definition) is 1. The Kier molecular flexibility index (Phi) is 4.68. The molecular formula is C14H16N2O3S. The largest absolute Gasteiger partial charge is 0.461 e. The standard InChI is InChI=1S/C14H16N2O3S/c1-9(2)10-8-20-12(16-10)5-6-15-14(18)13(17)11-4-3-7-19-11/h3-4,7-9H,5-6H2,1-2H3,(H,15,18). The van der Waals surface area contributed by atoms with Crippen molar-refractivity contribution in [1.29, 1.82) is 0 Å². The van der Waals surface area contributed by atoms with Crippen molar-refractivity contribution in [2.75, 3.05) is 6.54 Å². The molecule has 106 valence electrons. The summed E-state index contributed by atoms with van der Waals surface area (Å²) in [4.78, 5) is 27.7. The Morgan fingerprint density at radius 1 is 1.45 bits per heavy atom. The van der Waals surface area contributed by atoms with Crippen LogP contribution in [0.3, 0.4) is 0 Å². The van der Waals surface area contributed by atoms with Gasteiger partial charge in [-0.05, 0) is 18.1 Å². The minimum Gasteiger partial charge on any atom is -0.461 e. The highest BCUT2D eigenvalue weighted by molar-refractivity contribution is 7.09. The van der Waals surface area contributed by atoms with Gasteiger partial charge in [-0.15, -0.1) is 11.3 Å². The van der Waals surface area contributed by atoms with E-state index in [0.29, 0.717) is 18.9 Å². The summed E-state index contributed by atoms with van der Waals surface area (Å²) in [5, 5.41) is 5.56. The Hall–Kier alpha value is -1.95. The molecule has 6 heteroatoms. The molecular weight excluding hydrogens is 276 g/mol. The fraction of sp³-hybridized carbons (Fsp3) is 0.357. The van der Waals surface area contributed by atoms with Crippen molar-refractivity contribution in [3.63, 3.8) is 0 Å². The zero-order valence-electron chi connectivity index (χ0n) is 11.4. The predicted molar refractivity (Wildman–Crippen MR) is 76.0 cm³/mol. The first kappa shape index (κ1) is 14.5. The summed E-state index contributed by atoms with van der Waals surface area (Å²) < 4.78 is 4.89. The van der Waals surface area contributed by atoms with Crippen LogP contribution in [0.4, 0.5) is 0 Å². The molecule has 0 saturated carbocycles. The highest BCUT2D eigenvalue weighted by atomic mass is 32.1. The van der Waals surface area contributed by atoms with Crippen LogP contribution in [0, 0.1) is 0 Å². The number of carbonyl (C=O) groups is 2. The van der Waals surface area contributed by atoms with Gasteiger partial charge in [-0.1, -0.05) is 13.8 Å². The lowest BCUT2D eigenvalue weighted by atomic mass is 10.2. The number of hydrogen-bond acceptors (Lipinski definition) is 5. The van der Waals surface area contributed by atoms with Crippen LogP contribution < -0.4 is 5.32 Å². The van der Waals surface area contributed by atoms with Gasteiger partial charge < -0.3 is 9.73 Å². The molecule has 0 atom stereocenters. The molecule has 2 rings (SSSR count). The van der Waals surface area contributed by atoms with Gasteiger partial charge in [0.05, 0.1) is 17.0 Å². The van der Waals surface area contributed by atoms with Gasteiger partial charge in [0, 0.05) is 18.3 Å². The first-order valence-electron chi connectivity index (χ1n) is 6.38. The van der Waals surface area contributed by atoms with Crippen molar-refractivity contribution in [3.05, 3.63) is 40.2 Å². The van der Waals surface area contributed by atoms with Crippen LogP contribution in [-0.2, 0) is 11.2 Å². The summed E-state index contributed by atoms with van der Waals surface area (Å²) in [6, 6.07) is 3.04. The van der Waals surface area contributed by atoms with Gasteiger partial charge in [-0.3, -0.25) is 9.59 Å². The maximum atomic E-state index is 11.6. The van der Waals surface area contributed by atoms with Crippen LogP contribution in [0.25, 0.3) is 0 Å². The zero-order chi connectivity index (χ0) is 14.5. The Balaban J connectivity index is 1.80. The maximum absolute atomic E-state index is 11.6. The Bertz CT molecular complexity index is 587. The highest BCUT2D eigenvalue weighted by Crippen LogP contribution is 2.17. The average molecular weight is 292 g/mol. The van der Waals surface area contributed by atoms with E-state index < -0.39 is 11.7 Å². The third-order valence-corrected chi connectivity index (χ3v) is 3.66. The fourth-order valence-corrected chi connectivity index (χ4v) is 2.55. The molecule has 0 saturated heterocycles. The van der Waals surface area contributed by atoms with E-state index in [-0.39, 0.29) is 5.76 Å². The van der Waals surface area contributed by atoms with E-state index in [9.17, 15) is 9.59 Å². The van der Waals surface area contributed by atoms with Gasteiger partial charge in [-0.2, -0.15) is 0 Å². The number of aromatic nitrogens is 1. The summed E-state index contributed by atoms with van der Waals surface area (Å²) >= 11 is 1.57. The van der Waals surface area contributed by atoms with Crippen molar-refractivity contribution < 1.29 is 14.0 Å². The molecule has 2 heterocycles. The van der Waals surface area contributed by atoms with Gasteiger partial charge in [0.1, 0.15) is 0 Å². The van der Waals surface area contributed by atoms with Crippen LogP contribution in [-0.4, -0.2) is 23.2 Å². The van der Waals surface area contributed by atoms with E-state index in [4.69, 9.17) is 4.42 Å². The Morgan fingerprint density at radius 3 is 2.85 bits per heavy atom. The summed E-state index contributed by atoms with van der Waals surface area (Å²) in [5.41, 5.74) is 1.06. The van der Waals surface area contributed by atoms with Crippen LogP contribution in [0.15, 0.2) is 28.2 Å². The Labute approximate surface area is 121 Å². The predicted octanol–water partition coefficient (Wildman–Crippen LogP) is 2.40. The molecule has 0 aliphatic carbocycles. The lowest BCUT2D eigenvalue weighted by Crippen LogP contribution is -2.32. The van der Waals surface area contributed by atoms with Crippen molar-refractivity contribution in [2.24, 2.45) is 0 Å². The first-order valence-corrected chi connectivity index (χ1v) is 7.26. The van der Waals surface area contributed by atoms with Crippen molar-refractivity contribution in [3.8, 4) is 0 Å². The zero-order valence-corrected chi connectivity index (χ0v) is 12.2. The molecule has 2 aromatic rings. The average Bonchev–Trinajstić information content (AvgIpc) is 3.08. The Morgan fingerprint density at radius 2 is 2.25 bits per heavy atom. The number of Topliss-reactive ketones (excluding diaryl/α,β-unsaturated/α-hetero) is 1. The number of nitrogens with zero attached hydrogens (tertiary/aromatic N) is 1. The number of amides is 1. The summed E-state index contributed by atoms with van der Waals surface area (Å²) in [6.07, 6.45) is 1.98. The fourth-order valence-electron chi connectivity index (χ4n) is 1.59. The topological polar surface area (TPSA) is 72.2 Å². The molecule has 1 N–H and O–H groups in total. The number of rotatable bonds is 6. The summed E-state index contributed by atoms with van der Waals surface area (Å²) in [5.74, 6) is -0.855. The lowest BCUT2D eigenvalue weighted by Gasteiger charge is -2.01. The molecule has 0 aliphatic heterocycles. The number of carbonyl (C=O) groups excluding carboxylic acids is 2. The molecule has 0 spiro atoms. The molecule has 1 amide bonds. The summed E-state index contributed by atoms with van der Waals surface area (Å²) in [6.45, 7) is 4.56. The van der Waals surface area contributed by atoms with Gasteiger partial charge in [0.25, 0.3) is 11.7 Å². The van der Waals surface area contributed by atoms with Gasteiger partial charge >= 0.3 is 0 Å². The normalized spacial score (nSPS) is 10.8. The van der Waals surface area contributed by atoms with Crippen LogP contribution in [0.2, 0.25) is 0 Å². The monoisotopic (exact) mass is 292 g/mol. The van der Waals surface area contributed by atoms with Crippen LogP contribution in [0.5, 0.6) is 0 Å². The van der Waals surface area contributed by atoms with E-state index in [1.54, 1.807) is 17.4 Å². The van der Waals surface area contributed by atoms with Crippen LogP contribution in [0.1, 0.15) is 41.0 Å². The van der Waals surface area contributed by atoms with Gasteiger partial charge in [0.2, 0.25) is 0 Å². The van der Waals surface area contributed by atoms with Crippen molar-refractivity contribution in [2.45, 2.75) is 26.2 Å². The molecule has 0 aliphatic rings. The van der Waals surface area contributed by atoms with Crippen molar-refractivity contribution >= 4 is 23.0 Å². The quantitative estimate of drug-likeness (QED) is 0.655. The van der Waals surface area contributed by atoms with E-state index in [1.165, 1.54) is 12.3 Å². The lowest BCUT2D eigenvalue weighted by molar-refractivity contribution is -0.117. The van der Waals surface area contributed by atoms with E-state index in [2.05, 4.69) is 24.1 Å².